The van der Waals surface area contributed by atoms with E-state index >= 15 is 0 Å². The Balaban J connectivity index is 0.932. The van der Waals surface area contributed by atoms with E-state index in [1.54, 1.807) is 372 Å². The van der Waals surface area contributed by atoms with Crippen molar-refractivity contribution in [1.29, 1.82) is 0 Å². The molecule has 0 spiro atoms. The Morgan fingerprint density at radius 2 is 0.186 bits per heavy atom. The fraction of sp³-hybridized carbons (Fsp3) is 1.00. The summed E-state index contributed by atoms with van der Waals surface area (Å²) < 4.78 is 0. The van der Waals surface area contributed by atoms with Crippen molar-refractivity contribution < 1.29 is 0 Å². The van der Waals surface area contributed by atoms with Crippen LogP contribution in [0, 0.1) is 166 Å². The highest BCUT2D eigenvalue weighted by Gasteiger charge is 2.68. The van der Waals surface area contributed by atoms with Crippen LogP contribution in [0.5, 0.6) is 0 Å². The molecule has 0 N–H and O–H groups in total. The smallest absolute Gasteiger partial charge is 0.0313 e. The molecule has 12 unspecified atom stereocenters. The van der Waals surface area contributed by atoms with Gasteiger partial charge in [-0.25, -0.2) is 0 Å². The van der Waals surface area contributed by atoms with E-state index in [4.69, 9.17) is 0 Å². The molecule has 0 nitrogen and oxygen atoms in total. The van der Waals surface area contributed by atoms with Gasteiger partial charge in [0.15, 0.2) is 0 Å². The average Bonchev–Trinajstić information content (AvgIpc) is 1.72. The highest BCUT2D eigenvalue weighted by molar-refractivity contribution is 5.16. The zero-order valence-corrected chi connectivity index (χ0v) is 57.2. The Hall–Kier alpha value is 0. The highest BCUT2D eigenvalue weighted by atomic mass is 14.7. The number of hydrogen-bond acceptors (Lipinski definition) is 0. The monoisotopic (exact) mass is 1180 g/mol. The first-order valence-corrected chi connectivity index (χ1v) is 42.8. The lowest BCUT2D eigenvalue weighted by Crippen LogP contribution is -2.65. The summed E-state index contributed by atoms with van der Waals surface area (Å²) in [5.74, 6) is 30.3. The molecular formula is C86H144. The van der Waals surface area contributed by atoms with Crippen LogP contribution in [0.3, 0.4) is 0 Å². The molecule has 0 saturated heterocycles. The van der Waals surface area contributed by atoms with E-state index in [0.29, 0.717) is 0 Å². The van der Waals surface area contributed by atoms with Crippen LogP contribution in [0.2, 0.25) is 0 Å². The summed E-state index contributed by atoms with van der Waals surface area (Å²) in [5, 5.41) is 0. The van der Waals surface area contributed by atoms with Crippen LogP contribution in [0.4, 0.5) is 0 Å². The van der Waals surface area contributed by atoms with Crippen molar-refractivity contribution in [3.63, 3.8) is 0 Å². The molecule has 0 aromatic rings. The van der Waals surface area contributed by atoms with E-state index < -0.39 is 0 Å². The van der Waals surface area contributed by atoms with E-state index in [0.717, 1.165) is 166 Å². The van der Waals surface area contributed by atoms with Crippen LogP contribution < -0.4 is 0 Å². The summed E-state index contributed by atoms with van der Waals surface area (Å²) in [7, 11) is 0. The molecule has 0 radical (unpaired) electrons. The van der Waals surface area contributed by atoms with Crippen molar-refractivity contribution in [3.8, 4) is 0 Å². The standard InChI is InChI=1S/C86H144/c1-11-35-59(36-12-1)73-75(61-39-15-3-16-40-61)79(65-47-23-7-24-48-65)85(80(66-49-25-8-26-50-66)76(73)62-41-17-4-18-42-62)83-69-55-31-33-57-71(69)84(72-58-34-32-56-70(72)83)86-81(67-51-27-9-28-52-67)77(63-43-19-5-20-44-63)74(60-37-13-2-14-38-60)78(64-45-21-6-22-46-64)82(86)68-53-29-10-30-54-68/h59-86H,1-58H2. The molecule has 15 fully saturated rings. The number of fused-ring (bicyclic) bond motifs is 2. The Kier molecular flexibility index (Phi) is 21.5. The van der Waals surface area contributed by atoms with Crippen LogP contribution in [-0.2, 0) is 0 Å². The van der Waals surface area contributed by atoms with E-state index in [9.17, 15) is 0 Å². The normalized spacial score (nSPS) is 45.1. The summed E-state index contributed by atoms with van der Waals surface area (Å²) in [6.07, 6.45) is 94.0. The van der Waals surface area contributed by atoms with Gasteiger partial charge >= 0.3 is 0 Å². The zero-order chi connectivity index (χ0) is 57.2. The van der Waals surface area contributed by atoms with Crippen LogP contribution in [0.1, 0.15) is 372 Å². The number of hydrogen-bond donors (Lipinski definition) is 0. The quantitative estimate of drug-likeness (QED) is 0.183. The molecule has 0 heteroatoms. The number of rotatable bonds is 12. The molecule has 0 aromatic heterocycles. The lowest BCUT2D eigenvalue weighted by Gasteiger charge is -2.70. The van der Waals surface area contributed by atoms with E-state index in [-0.39, 0.29) is 0 Å². The second-order valence-corrected chi connectivity index (χ2v) is 37.3. The topological polar surface area (TPSA) is 0 Å². The van der Waals surface area contributed by atoms with Crippen molar-refractivity contribution in [3.05, 3.63) is 0 Å². The Morgan fingerprint density at radius 3 is 0.314 bits per heavy atom. The first-order valence-electron chi connectivity index (χ1n) is 42.8. The van der Waals surface area contributed by atoms with E-state index in [1.807, 2.05) is 0 Å². The fourth-order valence-corrected chi connectivity index (χ4v) is 31.6. The molecule has 15 aliphatic rings. The van der Waals surface area contributed by atoms with Crippen molar-refractivity contribution in [1.82, 2.24) is 0 Å². The second kappa shape index (κ2) is 29.7. The summed E-state index contributed by atoms with van der Waals surface area (Å²) in [6.45, 7) is 0. The highest BCUT2D eigenvalue weighted by Crippen LogP contribution is 2.74. The average molecular weight is 1180 g/mol. The van der Waals surface area contributed by atoms with Gasteiger partial charge in [-0.2, -0.15) is 0 Å². The van der Waals surface area contributed by atoms with E-state index in [2.05, 4.69) is 0 Å². The van der Waals surface area contributed by atoms with Crippen molar-refractivity contribution in [2.45, 2.75) is 372 Å². The lowest BCUT2D eigenvalue weighted by molar-refractivity contribution is -0.226. The largest absolute Gasteiger partial charge is 0.0533 e. The van der Waals surface area contributed by atoms with E-state index in [1.165, 1.54) is 0 Å². The minimum Gasteiger partial charge on any atom is -0.0533 e. The maximum atomic E-state index is 1.70. The molecule has 15 saturated carbocycles. The maximum absolute atomic E-state index is 1.70. The summed E-state index contributed by atoms with van der Waals surface area (Å²) >= 11 is 0. The molecule has 86 heavy (non-hydrogen) atoms. The summed E-state index contributed by atoms with van der Waals surface area (Å²) in [5.41, 5.74) is 0. The van der Waals surface area contributed by atoms with Gasteiger partial charge in [0.05, 0.1) is 0 Å². The van der Waals surface area contributed by atoms with Gasteiger partial charge < -0.3 is 0 Å². The molecule has 0 amide bonds. The molecule has 15 aliphatic carbocycles. The molecule has 0 aliphatic heterocycles. The van der Waals surface area contributed by atoms with Gasteiger partial charge in [0.1, 0.15) is 0 Å². The SMILES string of the molecule is C1CCC(C2C(C3CCCCC3)C(C3CCCCC3)C(C3C4CCCCC4C(C4C(C5CCCCC5)C(C5CCCCC5)C(C5CCCCC5)C(C5CCCCC5)C4C4CCCCC4)C4CCCCC43)C(C3CCCCC3)C2C2CCCCC2)CC1. The Labute approximate surface area is 535 Å². The van der Waals surface area contributed by atoms with Gasteiger partial charge in [-0.1, -0.05) is 347 Å². The predicted octanol–water partition coefficient (Wildman–Crippen LogP) is 26.1. The van der Waals surface area contributed by atoms with Gasteiger partial charge in [0, 0.05) is 0 Å². The Morgan fingerprint density at radius 1 is 0.0814 bits per heavy atom. The first kappa shape index (κ1) is 62.1. The van der Waals surface area contributed by atoms with Gasteiger partial charge in [-0.15, -0.1) is 0 Å². The third-order valence-electron chi connectivity index (χ3n) is 33.9. The minimum absolute atomic E-state index is 1.07. The van der Waals surface area contributed by atoms with Crippen LogP contribution in [0.25, 0.3) is 0 Å². The predicted molar refractivity (Wildman–Crippen MR) is 366 cm³/mol. The first-order chi connectivity index (χ1) is 42.8. The van der Waals surface area contributed by atoms with Gasteiger partial charge in [-0.05, 0) is 191 Å². The van der Waals surface area contributed by atoms with Crippen molar-refractivity contribution in [2.24, 2.45) is 166 Å². The third kappa shape index (κ3) is 12.6. The van der Waals surface area contributed by atoms with Crippen molar-refractivity contribution >= 4 is 0 Å². The second-order valence-electron chi connectivity index (χ2n) is 37.3. The molecule has 0 heterocycles. The molecule has 488 valence electrons. The van der Waals surface area contributed by atoms with Crippen LogP contribution in [0.15, 0.2) is 0 Å². The van der Waals surface area contributed by atoms with Gasteiger partial charge in [-0.3, -0.25) is 0 Å². The van der Waals surface area contributed by atoms with Gasteiger partial charge in [0.25, 0.3) is 0 Å². The van der Waals surface area contributed by atoms with Crippen molar-refractivity contribution in [2.75, 3.05) is 0 Å². The third-order valence-corrected chi connectivity index (χ3v) is 33.9. The lowest BCUT2D eigenvalue weighted by atomic mass is 9.34. The Bertz CT molecular complexity index is 1710. The van der Waals surface area contributed by atoms with Crippen LogP contribution >= 0.6 is 0 Å². The minimum atomic E-state index is 1.07. The molecule has 15 rings (SSSR count). The van der Waals surface area contributed by atoms with Gasteiger partial charge in [0.2, 0.25) is 0 Å². The molecule has 0 bridgehead atoms. The maximum Gasteiger partial charge on any atom is -0.0313 e. The summed E-state index contributed by atoms with van der Waals surface area (Å²) in [4.78, 5) is 0. The van der Waals surface area contributed by atoms with Crippen LogP contribution in [-0.4, -0.2) is 0 Å². The summed E-state index contributed by atoms with van der Waals surface area (Å²) in [6, 6.07) is 0. The molecule has 12 atom stereocenters. The zero-order valence-electron chi connectivity index (χ0n) is 57.2. The molecule has 0 aromatic carbocycles. The molecular weight excluding hydrogens is 1030 g/mol. The fourth-order valence-electron chi connectivity index (χ4n) is 31.6.